The molecule has 0 aromatic heterocycles. The van der Waals surface area contributed by atoms with Gasteiger partial charge in [0.15, 0.2) is 0 Å². The van der Waals surface area contributed by atoms with E-state index in [2.05, 4.69) is 39.7 Å². The van der Waals surface area contributed by atoms with Crippen LogP contribution in [0.4, 0.5) is 0 Å². The normalized spacial score (nSPS) is 12.5. The van der Waals surface area contributed by atoms with Crippen LogP contribution >= 0.6 is 11.8 Å². The van der Waals surface area contributed by atoms with Crippen LogP contribution in [0.1, 0.15) is 27.2 Å². The maximum absolute atomic E-state index is 5.61. The zero-order valence-corrected chi connectivity index (χ0v) is 10.8. The maximum atomic E-state index is 5.61. The van der Waals surface area contributed by atoms with Crippen LogP contribution < -0.4 is 17.2 Å². The third kappa shape index (κ3) is 7.56. The number of hydrogen-bond donors (Lipinski definition) is 1. The van der Waals surface area contributed by atoms with Crippen LogP contribution in [0.15, 0.2) is 0 Å². The summed E-state index contributed by atoms with van der Waals surface area (Å²) in [5.41, 5.74) is 0.0479. The summed E-state index contributed by atoms with van der Waals surface area (Å²) in [7, 11) is 4.48. The van der Waals surface area contributed by atoms with Gasteiger partial charge >= 0.3 is 0 Å². The molecule has 0 saturated carbocycles. The average Bonchev–Trinajstić information content (AvgIpc) is 2.02. The van der Waals surface area contributed by atoms with E-state index in [4.69, 9.17) is 11.8 Å². The summed E-state index contributed by atoms with van der Waals surface area (Å²) in [5.74, 6) is 0. The molecule has 4 heteroatoms. The van der Waals surface area contributed by atoms with E-state index in [-0.39, 0.29) is 17.9 Å². The van der Waals surface area contributed by atoms with Gasteiger partial charge in [0.2, 0.25) is 0 Å². The van der Waals surface area contributed by atoms with Gasteiger partial charge in [-0.15, -0.1) is 0 Å². The Morgan fingerprint density at radius 2 is 1.77 bits per heavy atom. The number of nitrogens with one attached hydrogen (secondary N) is 1. The van der Waals surface area contributed by atoms with Crippen LogP contribution in [0.3, 0.4) is 0 Å². The fourth-order valence-electron chi connectivity index (χ4n) is 0.788. The largest absolute Gasteiger partial charge is 1.00 e. The van der Waals surface area contributed by atoms with Gasteiger partial charge in [-0.05, 0) is 32.5 Å². The molecule has 0 rings (SSSR count). The highest BCUT2D eigenvalue weighted by Crippen LogP contribution is 2.11. The van der Waals surface area contributed by atoms with E-state index in [1.54, 1.807) is 0 Å². The Morgan fingerprint density at radius 3 is 2.08 bits per heavy atom. The molecule has 0 saturated heterocycles. The summed E-state index contributed by atoms with van der Waals surface area (Å²) in [5, 5.41) is 0. The standard InChI is InChI=1S/C9H22ClN2.ClH/c1-6-12(4,5)8-7-9(2,3)11-10;/h11H,6-8H2,1-5H3;1H/q+1;/p-1. The van der Waals surface area contributed by atoms with Crippen molar-refractivity contribution in [2.24, 2.45) is 0 Å². The summed E-state index contributed by atoms with van der Waals surface area (Å²) in [6, 6.07) is 0. The lowest BCUT2D eigenvalue weighted by Crippen LogP contribution is -3.00. The van der Waals surface area contributed by atoms with E-state index in [1.165, 1.54) is 6.54 Å². The van der Waals surface area contributed by atoms with E-state index in [9.17, 15) is 0 Å². The smallest absolute Gasteiger partial charge is 0.0800 e. The fraction of sp³-hybridized carbons (Fsp3) is 1.00. The SMILES string of the molecule is CC[N+](C)(C)CCC(C)(C)NCl.[Cl-]. The first-order valence-electron chi connectivity index (χ1n) is 4.53. The zero-order valence-electron chi connectivity index (χ0n) is 9.32. The van der Waals surface area contributed by atoms with Gasteiger partial charge in [0.25, 0.3) is 0 Å². The third-order valence-electron chi connectivity index (χ3n) is 2.45. The van der Waals surface area contributed by atoms with Crippen LogP contribution in [-0.2, 0) is 0 Å². The van der Waals surface area contributed by atoms with Crippen molar-refractivity contribution in [2.45, 2.75) is 32.7 Å². The molecular weight excluding hydrogens is 207 g/mol. The molecule has 0 spiro atoms. The van der Waals surface area contributed by atoms with Crippen molar-refractivity contribution < 1.29 is 16.9 Å². The number of halogens is 2. The fourth-order valence-corrected chi connectivity index (χ4v) is 0.882. The molecule has 0 bridgehead atoms. The number of rotatable bonds is 5. The van der Waals surface area contributed by atoms with Gasteiger partial charge < -0.3 is 16.9 Å². The molecule has 82 valence electrons. The molecule has 2 nitrogen and oxygen atoms in total. The molecule has 0 amide bonds. The second kappa shape index (κ2) is 6.07. The summed E-state index contributed by atoms with van der Waals surface area (Å²) < 4.78 is 1.06. The first-order valence-corrected chi connectivity index (χ1v) is 4.90. The van der Waals surface area contributed by atoms with Crippen LogP contribution in [0.2, 0.25) is 0 Å². The van der Waals surface area contributed by atoms with E-state index < -0.39 is 0 Å². The Morgan fingerprint density at radius 1 is 1.31 bits per heavy atom. The molecule has 0 atom stereocenters. The molecule has 0 heterocycles. The number of hydrogen-bond acceptors (Lipinski definition) is 1. The Bertz CT molecular complexity index is 120. The molecule has 0 aliphatic heterocycles. The van der Waals surface area contributed by atoms with Crippen molar-refractivity contribution in [3.05, 3.63) is 0 Å². The van der Waals surface area contributed by atoms with Crippen LogP contribution in [0.25, 0.3) is 0 Å². The summed E-state index contributed by atoms with van der Waals surface area (Å²) in [4.78, 5) is 2.80. The van der Waals surface area contributed by atoms with Gasteiger partial charge in [-0.3, -0.25) is 0 Å². The highest BCUT2D eigenvalue weighted by atomic mass is 35.5. The van der Waals surface area contributed by atoms with Crippen LogP contribution in [0.5, 0.6) is 0 Å². The zero-order chi connectivity index (χ0) is 9.83. The molecular formula is C9H22Cl2N2. The lowest BCUT2D eigenvalue weighted by atomic mass is 10.0. The van der Waals surface area contributed by atoms with Crippen LogP contribution in [0, 0.1) is 0 Å². The highest BCUT2D eigenvalue weighted by molar-refractivity contribution is 6.13. The molecule has 13 heavy (non-hydrogen) atoms. The first-order chi connectivity index (χ1) is 5.33. The molecule has 0 aromatic rings. The molecule has 0 fully saturated rings. The molecule has 0 unspecified atom stereocenters. The maximum Gasteiger partial charge on any atom is 0.0800 e. The summed E-state index contributed by atoms with van der Waals surface area (Å²) in [6.45, 7) is 8.77. The van der Waals surface area contributed by atoms with E-state index in [0.717, 1.165) is 17.4 Å². The van der Waals surface area contributed by atoms with Crippen molar-refractivity contribution in [1.29, 1.82) is 0 Å². The lowest BCUT2D eigenvalue weighted by molar-refractivity contribution is -0.889. The Hall–Kier alpha value is 0.500. The Balaban J connectivity index is 0. The molecule has 1 N–H and O–H groups in total. The minimum absolute atomic E-state index is 0. The Labute approximate surface area is 93.7 Å². The van der Waals surface area contributed by atoms with Crippen LogP contribution in [-0.4, -0.2) is 37.2 Å². The van der Waals surface area contributed by atoms with Crippen molar-refractivity contribution in [1.82, 2.24) is 4.84 Å². The summed E-state index contributed by atoms with van der Waals surface area (Å²) >= 11 is 5.61. The molecule has 0 aliphatic carbocycles. The van der Waals surface area contributed by atoms with Gasteiger partial charge in [-0.25, -0.2) is 4.84 Å². The van der Waals surface area contributed by atoms with Gasteiger partial charge in [0.1, 0.15) is 0 Å². The number of nitrogens with zero attached hydrogens (tertiary/aromatic N) is 1. The molecule has 0 aromatic carbocycles. The number of quaternary nitrogens is 1. The van der Waals surface area contributed by atoms with Gasteiger partial charge in [0, 0.05) is 12.0 Å². The van der Waals surface area contributed by atoms with Gasteiger partial charge in [-0.1, -0.05) is 0 Å². The molecule has 0 aliphatic rings. The monoisotopic (exact) mass is 228 g/mol. The second-order valence-electron chi connectivity index (χ2n) is 4.70. The average molecular weight is 229 g/mol. The van der Waals surface area contributed by atoms with E-state index in [0.29, 0.717) is 0 Å². The predicted octanol–water partition coefficient (Wildman–Crippen LogP) is -1.00. The summed E-state index contributed by atoms with van der Waals surface area (Å²) in [6.07, 6.45) is 1.09. The van der Waals surface area contributed by atoms with E-state index >= 15 is 0 Å². The quantitative estimate of drug-likeness (QED) is 0.471. The lowest BCUT2D eigenvalue weighted by Gasteiger charge is -2.32. The second-order valence-corrected chi connectivity index (χ2v) is 4.89. The first kappa shape index (κ1) is 15.9. The van der Waals surface area contributed by atoms with Crippen molar-refractivity contribution in [2.75, 3.05) is 27.2 Å². The van der Waals surface area contributed by atoms with Crippen molar-refractivity contribution >= 4 is 11.8 Å². The minimum Gasteiger partial charge on any atom is -1.00 e. The van der Waals surface area contributed by atoms with E-state index in [1.807, 2.05) is 0 Å². The molecule has 0 radical (unpaired) electrons. The van der Waals surface area contributed by atoms with Gasteiger partial charge in [-0.2, -0.15) is 0 Å². The topological polar surface area (TPSA) is 12.0 Å². The minimum atomic E-state index is 0. The van der Waals surface area contributed by atoms with Gasteiger partial charge in [0.05, 0.1) is 27.2 Å². The third-order valence-corrected chi connectivity index (χ3v) is 2.97. The van der Waals surface area contributed by atoms with Crippen molar-refractivity contribution in [3.8, 4) is 0 Å². The predicted molar refractivity (Wildman–Crippen MR) is 55.2 cm³/mol. The van der Waals surface area contributed by atoms with Crippen molar-refractivity contribution in [3.63, 3.8) is 0 Å². The highest BCUT2D eigenvalue weighted by Gasteiger charge is 2.21. The Kier molecular flexibility index (Phi) is 7.45.